The molecule has 0 atom stereocenters. The zero-order chi connectivity index (χ0) is 19.3. The van der Waals surface area contributed by atoms with Crippen molar-refractivity contribution in [3.05, 3.63) is 53.7 Å². The highest BCUT2D eigenvalue weighted by Crippen LogP contribution is 2.17. The maximum atomic E-state index is 5.65. The Labute approximate surface area is 160 Å². The molecule has 0 saturated heterocycles. The largest absolute Gasteiger partial charge is 0.494 e. The van der Waals surface area contributed by atoms with E-state index in [4.69, 9.17) is 14.2 Å². The van der Waals surface area contributed by atoms with E-state index in [9.17, 15) is 0 Å². The molecule has 0 amide bonds. The normalized spacial score (nSPS) is 11.1. The topological polar surface area (TPSA) is 77.0 Å². The quantitative estimate of drug-likeness (QED) is 0.379. The Hall–Kier alpha value is -2.80. The van der Waals surface area contributed by atoms with Crippen molar-refractivity contribution in [2.45, 2.75) is 20.0 Å². The van der Waals surface area contributed by atoms with Crippen LogP contribution in [0.25, 0.3) is 0 Å². The van der Waals surface area contributed by atoms with Crippen LogP contribution in [0.5, 0.6) is 11.6 Å². The average Bonchev–Trinajstić information content (AvgIpc) is 2.70. The van der Waals surface area contributed by atoms with Crippen molar-refractivity contribution in [1.82, 2.24) is 15.6 Å². The van der Waals surface area contributed by atoms with Gasteiger partial charge in [-0.2, -0.15) is 0 Å². The third kappa shape index (κ3) is 7.15. The van der Waals surface area contributed by atoms with E-state index in [-0.39, 0.29) is 0 Å². The first-order valence-corrected chi connectivity index (χ1v) is 8.98. The van der Waals surface area contributed by atoms with Gasteiger partial charge in [0.25, 0.3) is 0 Å². The van der Waals surface area contributed by atoms with Crippen molar-refractivity contribution < 1.29 is 14.2 Å². The van der Waals surface area contributed by atoms with Crippen molar-refractivity contribution in [2.75, 3.05) is 34.0 Å². The summed E-state index contributed by atoms with van der Waals surface area (Å²) in [7, 11) is 3.39. The van der Waals surface area contributed by atoms with Gasteiger partial charge in [-0.05, 0) is 18.6 Å². The molecule has 7 nitrogen and oxygen atoms in total. The van der Waals surface area contributed by atoms with Gasteiger partial charge in [-0.1, -0.05) is 24.3 Å². The summed E-state index contributed by atoms with van der Waals surface area (Å²) in [5.41, 5.74) is 2.12. The van der Waals surface area contributed by atoms with Gasteiger partial charge in [-0.25, -0.2) is 4.98 Å². The predicted molar refractivity (Wildman–Crippen MR) is 106 cm³/mol. The molecule has 1 aromatic carbocycles. The zero-order valence-corrected chi connectivity index (χ0v) is 16.2. The lowest BCUT2D eigenvalue weighted by molar-refractivity contribution is 0.143. The number of ether oxygens (including phenoxy) is 3. The molecule has 0 aliphatic heterocycles. The van der Waals surface area contributed by atoms with Crippen LogP contribution in [-0.2, 0) is 17.8 Å². The standard InChI is InChI=1S/C20H28N4O3/c1-4-26-18-8-6-5-7-17(18)15-24-20(21-2)23-14-16-9-10-19(22-13-16)27-12-11-25-3/h5-10,13H,4,11-12,14-15H2,1-3H3,(H2,21,23,24). The lowest BCUT2D eigenvalue weighted by Gasteiger charge is -2.14. The molecule has 2 N–H and O–H groups in total. The fourth-order valence-corrected chi connectivity index (χ4v) is 2.36. The number of aliphatic imine (C=N–C) groups is 1. The Bertz CT molecular complexity index is 705. The average molecular weight is 372 g/mol. The molecule has 1 aromatic heterocycles. The molecule has 0 saturated carbocycles. The van der Waals surface area contributed by atoms with E-state index < -0.39 is 0 Å². The molecule has 0 spiro atoms. The molecular formula is C20H28N4O3. The number of hydrogen-bond acceptors (Lipinski definition) is 5. The van der Waals surface area contributed by atoms with Crippen LogP contribution in [0.3, 0.4) is 0 Å². The molecule has 2 aromatic rings. The summed E-state index contributed by atoms with van der Waals surface area (Å²) in [6.07, 6.45) is 1.78. The van der Waals surface area contributed by atoms with Crippen molar-refractivity contribution in [3.8, 4) is 11.6 Å². The molecule has 1 heterocycles. The predicted octanol–water partition coefficient (Wildman–Crippen LogP) is 2.37. The van der Waals surface area contributed by atoms with Crippen molar-refractivity contribution in [2.24, 2.45) is 4.99 Å². The van der Waals surface area contributed by atoms with Crippen LogP contribution in [0.4, 0.5) is 0 Å². The molecular weight excluding hydrogens is 344 g/mol. The second-order valence-corrected chi connectivity index (χ2v) is 5.67. The summed E-state index contributed by atoms with van der Waals surface area (Å²) < 4.78 is 16.1. The summed E-state index contributed by atoms with van der Waals surface area (Å²) in [4.78, 5) is 8.54. The minimum atomic E-state index is 0.487. The van der Waals surface area contributed by atoms with Gasteiger partial charge in [-0.15, -0.1) is 0 Å². The molecule has 0 unspecified atom stereocenters. The maximum Gasteiger partial charge on any atom is 0.213 e. The van der Waals surface area contributed by atoms with Gasteiger partial charge >= 0.3 is 0 Å². The van der Waals surface area contributed by atoms with Crippen LogP contribution >= 0.6 is 0 Å². The summed E-state index contributed by atoms with van der Waals surface area (Å²) >= 11 is 0. The van der Waals surface area contributed by atoms with Crippen molar-refractivity contribution in [1.29, 1.82) is 0 Å². The number of nitrogens with one attached hydrogen (secondary N) is 2. The van der Waals surface area contributed by atoms with E-state index in [1.165, 1.54) is 0 Å². The Morgan fingerprint density at radius 1 is 1.04 bits per heavy atom. The van der Waals surface area contributed by atoms with E-state index in [0.717, 1.165) is 16.9 Å². The van der Waals surface area contributed by atoms with E-state index in [1.807, 2.05) is 43.3 Å². The number of hydrogen-bond donors (Lipinski definition) is 2. The fourth-order valence-electron chi connectivity index (χ4n) is 2.36. The van der Waals surface area contributed by atoms with Crippen LogP contribution in [0.15, 0.2) is 47.6 Å². The fraction of sp³-hybridized carbons (Fsp3) is 0.400. The molecule has 2 rings (SSSR count). The number of rotatable bonds is 10. The number of pyridine rings is 1. The lowest BCUT2D eigenvalue weighted by Crippen LogP contribution is -2.36. The first-order chi connectivity index (χ1) is 13.3. The Morgan fingerprint density at radius 3 is 2.56 bits per heavy atom. The van der Waals surface area contributed by atoms with E-state index >= 15 is 0 Å². The Morgan fingerprint density at radius 2 is 1.85 bits per heavy atom. The molecule has 0 bridgehead atoms. The number of benzene rings is 1. The molecule has 0 radical (unpaired) electrons. The van der Waals surface area contributed by atoms with Crippen molar-refractivity contribution >= 4 is 5.96 Å². The van der Waals surface area contributed by atoms with Gasteiger partial charge in [0, 0.05) is 45.1 Å². The monoisotopic (exact) mass is 372 g/mol. The van der Waals surface area contributed by atoms with Gasteiger partial charge in [0.05, 0.1) is 13.2 Å². The van der Waals surface area contributed by atoms with Gasteiger partial charge < -0.3 is 24.8 Å². The second-order valence-electron chi connectivity index (χ2n) is 5.67. The summed E-state index contributed by atoms with van der Waals surface area (Å²) in [5.74, 6) is 2.18. The zero-order valence-electron chi connectivity index (χ0n) is 16.2. The highest BCUT2D eigenvalue weighted by atomic mass is 16.5. The van der Waals surface area contributed by atoms with E-state index in [0.29, 0.717) is 44.7 Å². The number of aromatic nitrogens is 1. The highest BCUT2D eigenvalue weighted by Gasteiger charge is 2.04. The third-order valence-electron chi connectivity index (χ3n) is 3.74. The number of nitrogens with zero attached hydrogens (tertiary/aromatic N) is 2. The van der Waals surface area contributed by atoms with Gasteiger partial charge in [0.15, 0.2) is 5.96 Å². The first kappa shape index (κ1) is 20.5. The Kier molecular flexibility index (Phi) is 8.92. The molecule has 7 heteroatoms. The van der Waals surface area contributed by atoms with E-state index in [2.05, 4.69) is 20.6 Å². The van der Waals surface area contributed by atoms with Crippen LogP contribution < -0.4 is 20.1 Å². The van der Waals surface area contributed by atoms with Gasteiger partial charge in [0.1, 0.15) is 12.4 Å². The molecule has 0 aliphatic rings. The first-order valence-electron chi connectivity index (χ1n) is 8.98. The minimum absolute atomic E-state index is 0.487. The smallest absolute Gasteiger partial charge is 0.213 e. The number of guanidine groups is 1. The van der Waals surface area contributed by atoms with Crippen molar-refractivity contribution in [3.63, 3.8) is 0 Å². The molecule has 27 heavy (non-hydrogen) atoms. The lowest BCUT2D eigenvalue weighted by atomic mass is 10.2. The van der Waals surface area contributed by atoms with Gasteiger partial charge in [-0.3, -0.25) is 4.99 Å². The molecule has 146 valence electrons. The maximum absolute atomic E-state index is 5.65. The van der Waals surface area contributed by atoms with Crippen LogP contribution in [0.1, 0.15) is 18.1 Å². The van der Waals surface area contributed by atoms with Gasteiger partial charge in [0.2, 0.25) is 5.88 Å². The van der Waals surface area contributed by atoms with E-state index in [1.54, 1.807) is 20.4 Å². The third-order valence-corrected chi connectivity index (χ3v) is 3.74. The van der Waals surface area contributed by atoms with Crippen LogP contribution in [0, 0.1) is 0 Å². The minimum Gasteiger partial charge on any atom is -0.494 e. The highest BCUT2D eigenvalue weighted by molar-refractivity contribution is 5.79. The SMILES string of the molecule is CCOc1ccccc1CNC(=NC)NCc1ccc(OCCOC)nc1. The number of methoxy groups -OCH3 is 1. The number of para-hydroxylation sites is 1. The summed E-state index contributed by atoms with van der Waals surface area (Å²) in [6, 6.07) is 11.8. The van der Waals surface area contributed by atoms with Crippen LogP contribution in [-0.4, -0.2) is 44.9 Å². The molecule has 0 fully saturated rings. The second kappa shape index (κ2) is 11.7. The van der Waals surface area contributed by atoms with Crippen LogP contribution in [0.2, 0.25) is 0 Å². The Balaban J connectivity index is 1.82. The summed E-state index contributed by atoms with van der Waals surface area (Å²) in [6.45, 7) is 4.88. The molecule has 0 aliphatic carbocycles. The summed E-state index contributed by atoms with van der Waals surface area (Å²) in [5, 5.41) is 6.58.